The maximum atomic E-state index is 12.3. The van der Waals surface area contributed by atoms with Crippen LogP contribution in [0.5, 0.6) is 0 Å². The average molecular weight is 320 g/mol. The van der Waals surface area contributed by atoms with Crippen molar-refractivity contribution in [3.63, 3.8) is 0 Å². The summed E-state index contributed by atoms with van der Waals surface area (Å²) in [7, 11) is -2.58. The smallest absolute Gasteiger partial charge is 0.358 e. The van der Waals surface area contributed by atoms with E-state index < -0.39 is 16.0 Å². The van der Waals surface area contributed by atoms with Crippen LogP contribution >= 0.6 is 11.3 Å². The monoisotopic (exact) mass is 320 g/mol. The molecule has 1 aromatic heterocycles. The average Bonchev–Trinajstić information content (AvgIpc) is 2.85. The number of carbonyl (C=O) groups excluding carboxylic acids is 1. The van der Waals surface area contributed by atoms with Gasteiger partial charge in [-0.25, -0.2) is 22.9 Å². The maximum absolute atomic E-state index is 12.3. The molecule has 0 unspecified atom stereocenters. The van der Waals surface area contributed by atoms with E-state index in [1.165, 1.54) is 12.6 Å². The Balaban J connectivity index is 2.96. The first kappa shape index (κ1) is 17.1. The summed E-state index contributed by atoms with van der Waals surface area (Å²) in [5.41, 5.74) is 0.949. The third-order valence-electron chi connectivity index (χ3n) is 3.44. The molecule has 1 heterocycles. The second-order valence-corrected chi connectivity index (χ2v) is 8.26. The molecule has 1 aromatic rings. The Hall–Kier alpha value is -0.990. The molecule has 0 atom stereocenters. The van der Waals surface area contributed by atoms with E-state index in [-0.39, 0.29) is 21.9 Å². The Morgan fingerprint density at radius 1 is 1.50 bits per heavy atom. The number of aromatic nitrogens is 1. The van der Waals surface area contributed by atoms with E-state index in [1.54, 1.807) is 0 Å². The Bertz CT molecular complexity index is 576. The molecule has 0 radical (unpaired) electrons. The molecule has 6 nitrogen and oxygen atoms in total. The molecular weight excluding hydrogens is 300 g/mol. The zero-order valence-corrected chi connectivity index (χ0v) is 13.9. The van der Waals surface area contributed by atoms with Gasteiger partial charge in [0.2, 0.25) is 0 Å². The number of esters is 1. The van der Waals surface area contributed by atoms with Crippen LogP contribution in [0.2, 0.25) is 0 Å². The number of nitrogens with zero attached hydrogens (tertiary/aromatic N) is 1. The van der Waals surface area contributed by atoms with Gasteiger partial charge in [-0.2, -0.15) is 0 Å². The van der Waals surface area contributed by atoms with Crippen LogP contribution in [0.1, 0.15) is 38.2 Å². The molecule has 0 aliphatic heterocycles. The van der Waals surface area contributed by atoms with Crippen molar-refractivity contribution >= 4 is 27.3 Å². The van der Waals surface area contributed by atoms with E-state index in [0.29, 0.717) is 5.92 Å². The highest BCUT2D eigenvalue weighted by Crippen LogP contribution is 2.26. The van der Waals surface area contributed by atoms with Gasteiger partial charge < -0.3 is 4.74 Å². The molecule has 1 rings (SSSR count). The van der Waals surface area contributed by atoms with Gasteiger partial charge in [0, 0.05) is 6.54 Å². The number of methoxy groups -OCH3 is 1. The first-order chi connectivity index (χ1) is 9.12. The number of ether oxygens (including phenoxy) is 1. The largest absolute Gasteiger partial charge is 0.464 e. The molecule has 0 aromatic carbocycles. The summed E-state index contributed by atoms with van der Waals surface area (Å²) in [6.07, 6.45) is 0. The Morgan fingerprint density at radius 2 is 2.10 bits per heavy atom. The van der Waals surface area contributed by atoms with Crippen molar-refractivity contribution in [2.75, 3.05) is 13.7 Å². The molecule has 8 heteroatoms. The standard InChI is InChI=1S/C12H20N2O4S2/c1-8(2)12(3,4)6-14-20(16,17)11-9(10(15)18-5)13-7-19-11/h7-8,14H,6H2,1-5H3. The summed E-state index contributed by atoms with van der Waals surface area (Å²) in [6.45, 7) is 8.30. The number of nitrogens with one attached hydrogen (secondary N) is 1. The molecule has 114 valence electrons. The van der Waals surface area contributed by atoms with Gasteiger partial charge in [0.05, 0.1) is 12.6 Å². The van der Waals surface area contributed by atoms with Gasteiger partial charge in [-0.1, -0.05) is 27.7 Å². The third-order valence-corrected chi connectivity index (χ3v) is 6.21. The van der Waals surface area contributed by atoms with Gasteiger partial charge in [0.1, 0.15) is 0 Å². The molecule has 0 fully saturated rings. The molecule has 0 saturated carbocycles. The normalized spacial score (nSPS) is 12.7. The van der Waals surface area contributed by atoms with Crippen molar-refractivity contribution in [2.24, 2.45) is 11.3 Å². The van der Waals surface area contributed by atoms with Gasteiger partial charge >= 0.3 is 5.97 Å². The second kappa shape index (κ2) is 6.19. The van der Waals surface area contributed by atoms with Crippen LogP contribution in [-0.4, -0.2) is 33.0 Å². The minimum absolute atomic E-state index is 0.107. The molecule has 0 aliphatic rings. The van der Waals surface area contributed by atoms with E-state index >= 15 is 0 Å². The van der Waals surface area contributed by atoms with Crippen molar-refractivity contribution in [3.05, 3.63) is 11.2 Å². The SMILES string of the molecule is COC(=O)c1ncsc1S(=O)(=O)NCC(C)(C)C(C)C. The first-order valence-corrected chi connectivity index (χ1v) is 8.49. The van der Waals surface area contributed by atoms with Crippen molar-refractivity contribution < 1.29 is 17.9 Å². The van der Waals surface area contributed by atoms with E-state index in [2.05, 4.69) is 14.4 Å². The van der Waals surface area contributed by atoms with Crippen LogP contribution in [0, 0.1) is 11.3 Å². The lowest BCUT2D eigenvalue weighted by atomic mass is 9.81. The number of thiazole rings is 1. The fourth-order valence-corrected chi connectivity index (χ4v) is 3.61. The summed E-state index contributed by atoms with van der Waals surface area (Å²) in [4.78, 5) is 15.2. The minimum atomic E-state index is -3.76. The van der Waals surface area contributed by atoms with Crippen molar-refractivity contribution in [1.29, 1.82) is 0 Å². The molecule has 0 aliphatic carbocycles. The molecule has 0 saturated heterocycles. The predicted octanol–water partition coefficient (Wildman–Crippen LogP) is 1.89. The molecule has 0 bridgehead atoms. The van der Waals surface area contributed by atoms with Crippen LogP contribution in [0.15, 0.2) is 9.72 Å². The number of hydrogen-bond acceptors (Lipinski definition) is 6. The van der Waals surface area contributed by atoms with Gasteiger partial charge in [-0.3, -0.25) is 0 Å². The third kappa shape index (κ3) is 3.77. The topological polar surface area (TPSA) is 85.4 Å². The van der Waals surface area contributed by atoms with E-state index in [9.17, 15) is 13.2 Å². The quantitative estimate of drug-likeness (QED) is 0.809. The highest BCUT2D eigenvalue weighted by Gasteiger charge is 2.29. The van der Waals surface area contributed by atoms with Gasteiger partial charge in [-0.15, -0.1) is 11.3 Å². The van der Waals surface area contributed by atoms with Crippen LogP contribution in [0.25, 0.3) is 0 Å². The van der Waals surface area contributed by atoms with Gasteiger partial charge in [0.15, 0.2) is 9.90 Å². The summed E-state index contributed by atoms with van der Waals surface area (Å²) >= 11 is 0.897. The number of hydrogen-bond donors (Lipinski definition) is 1. The van der Waals surface area contributed by atoms with Crippen LogP contribution in [0.4, 0.5) is 0 Å². The maximum Gasteiger partial charge on any atom is 0.358 e. The summed E-state index contributed by atoms with van der Waals surface area (Å²) < 4.78 is 31.5. The van der Waals surface area contributed by atoms with Crippen molar-refractivity contribution in [2.45, 2.75) is 31.9 Å². The zero-order valence-electron chi connectivity index (χ0n) is 12.3. The van der Waals surface area contributed by atoms with Gasteiger partial charge in [-0.05, 0) is 11.3 Å². The molecule has 1 N–H and O–H groups in total. The van der Waals surface area contributed by atoms with Crippen LogP contribution in [0.3, 0.4) is 0 Å². The molecular formula is C12H20N2O4S2. The number of rotatable bonds is 6. The van der Waals surface area contributed by atoms with Crippen LogP contribution < -0.4 is 4.72 Å². The second-order valence-electron chi connectivity index (χ2n) is 5.45. The highest BCUT2D eigenvalue weighted by atomic mass is 32.2. The summed E-state index contributed by atoms with van der Waals surface area (Å²) in [5.74, 6) is -0.443. The van der Waals surface area contributed by atoms with Crippen LogP contribution in [-0.2, 0) is 14.8 Å². The van der Waals surface area contributed by atoms with Gasteiger partial charge in [0.25, 0.3) is 10.0 Å². The first-order valence-electron chi connectivity index (χ1n) is 6.13. The number of carbonyl (C=O) groups is 1. The number of sulfonamides is 1. The molecule has 20 heavy (non-hydrogen) atoms. The Morgan fingerprint density at radius 3 is 2.60 bits per heavy atom. The molecule has 0 amide bonds. The highest BCUT2D eigenvalue weighted by molar-refractivity contribution is 7.91. The van der Waals surface area contributed by atoms with E-state index in [1.807, 2.05) is 27.7 Å². The Labute approximate surface area is 123 Å². The van der Waals surface area contributed by atoms with E-state index in [0.717, 1.165) is 11.3 Å². The predicted molar refractivity (Wildman–Crippen MR) is 77.3 cm³/mol. The van der Waals surface area contributed by atoms with E-state index in [4.69, 9.17) is 0 Å². The zero-order chi connectivity index (χ0) is 15.6. The lowest BCUT2D eigenvalue weighted by Gasteiger charge is -2.29. The van der Waals surface area contributed by atoms with Crippen molar-refractivity contribution in [3.8, 4) is 0 Å². The molecule has 0 spiro atoms. The minimum Gasteiger partial charge on any atom is -0.464 e. The fourth-order valence-electron chi connectivity index (χ4n) is 1.21. The van der Waals surface area contributed by atoms with Crippen molar-refractivity contribution in [1.82, 2.24) is 9.71 Å². The lowest BCUT2D eigenvalue weighted by molar-refractivity contribution is 0.0590. The Kier molecular flexibility index (Phi) is 5.28. The summed E-state index contributed by atoms with van der Waals surface area (Å²) in [5, 5.41) is 0. The lowest BCUT2D eigenvalue weighted by Crippen LogP contribution is -2.37. The fraction of sp³-hybridized carbons (Fsp3) is 0.667. The summed E-state index contributed by atoms with van der Waals surface area (Å²) in [6, 6.07) is 0.